The molecule has 1 saturated heterocycles. The Morgan fingerprint density at radius 2 is 2.10 bits per heavy atom. The molecule has 1 fully saturated rings. The van der Waals surface area contributed by atoms with Gasteiger partial charge in [-0.25, -0.2) is 0 Å². The van der Waals surface area contributed by atoms with E-state index in [9.17, 15) is 9.59 Å². The van der Waals surface area contributed by atoms with Gasteiger partial charge in [0.15, 0.2) is 0 Å². The highest BCUT2D eigenvalue weighted by atomic mass is 16.2. The van der Waals surface area contributed by atoms with Crippen molar-refractivity contribution in [3.05, 3.63) is 36.5 Å². The Morgan fingerprint density at radius 3 is 2.86 bits per heavy atom. The van der Waals surface area contributed by atoms with Gasteiger partial charge in [-0.1, -0.05) is 13.0 Å². The molecule has 1 unspecified atom stereocenters. The van der Waals surface area contributed by atoms with Gasteiger partial charge in [0.05, 0.1) is 11.2 Å². The molecule has 0 aliphatic carbocycles. The zero-order chi connectivity index (χ0) is 15.0. The topological polar surface area (TPSA) is 62.3 Å². The SMILES string of the molecule is CCC1(C)NC(=O)CN(c2cccc3ncccc23)C1=O. The molecule has 2 aromatic rings. The minimum Gasteiger partial charge on any atom is -0.340 e. The summed E-state index contributed by atoms with van der Waals surface area (Å²) in [5.74, 6) is -0.221. The molecule has 0 bridgehead atoms. The lowest BCUT2D eigenvalue weighted by molar-refractivity contribution is -0.135. The fourth-order valence-corrected chi connectivity index (χ4v) is 2.67. The van der Waals surface area contributed by atoms with Crippen LogP contribution in [0.5, 0.6) is 0 Å². The van der Waals surface area contributed by atoms with Gasteiger partial charge in [0, 0.05) is 11.6 Å². The van der Waals surface area contributed by atoms with E-state index in [0.717, 1.165) is 16.6 Å². The number of amides is 2. The number of nitrogens with zero attached hydrogens (tertiary/aromatic N) is 2. The molecule has 1 aromatic heterocycles. The third kappa shape index (κ3) is 2.14. The summed E-state index contributed by atoms with van der Waals surface area (Å²) in [4.78, 5) is 30.6. The predicted molar refractivity (Wildman–Crippen MR) is 80.9 cm³/mol. The third-order valence-corrected chi connectivity index (χ3v) is 4.05. The van der Waals surface area contributed by atoms with Crippen molar-refractivity contribution in [2.24, 2.45) is 0 Å². The van der Waals surface area contributed by atoms with Gasteiger partial charge in [-0.15, -0.1) is 0 Å². The number of fused-ring (bicyclic) bond motifs is 1. The summed E-state index contributed by atoms with van der Waals surface area (Å²) >= 11 is 0. The normalized spacial score (nSPS) is 22.5. The second-order valence-corrected chi connectivity index (χ2v) is 5.47. The van der Waals surface area contributed by atoms with Crippen LogP contribution in [0.25, 0.3) is 10.9 Å². The second kappa shape index (κ2) is 4.84. The van der Waals surface area contributed by atoms with Gasteiger partial charge in [0.1, 0.15) is 12.1 Å². The molecule has 1 aromatic carbocycles. The molecule has 5 heteroatoms. The van der Waals surface area contributed by atoms with Crippen LogP contribution in [0.15, 0.2) is 36.5 Å². The molecule has 2 heterocycles. The zero-order valence-electron chi connectivity index (χ0n) is 12.1. The van der Waals surface area contributed by atoms with Crippen molar-refractivity contribution in [3.8, 4) is 0 Å². The smallest absolute Gasteiger partial charge is 0.252 e. The molecule has 108 valence electrons. The van der Waals surface area contributed by atoms with Crippen LogP contribution in [0, 0.1) is 0 Å². The van der Waals surface area contributed by atoms with Crippen molar-refractivity contribution in [1.82, 2.24) is 10.3 Å². The Kier molecular flexibility index (Phi) is 3.12. The van der Waals surface area contributed by atoms with Gasteiger partial charge in [0.25, 0.3) is 5.91 Å². The maximum Gasteiger partial charge on any atom is 0.252 e. The molecule has 1 aliphatic rings. The summed E-state index contributed by atoms with van der Waals surface area (Å²) in [6.45, 7) is 3.71. The number of carbonyl (C=O) groups excluding carboxylic acids is 2. The third-order valence-electron chi connectivity index (χ3n) is 4.05. The summed E-state index contributed by atoms with van der Waals surface area (Å²) in [6, 6.07) is 9.36. The van der Waals surface area contributed by atoms with E-state index in [-0.39, 0.29) is 18.4 Å². The Labute approximate surface area is 123 Å². The van der Waals surface area contributed by atoms with E-state index >= 15 is 0 Å². The first-order valence-electron chi connectivity index (χ1n) is 7.02. The van der Waals surface area contributed by atoms with Crippen LogP contribution < -0.4 is 10.2 Å². The number of pyridine rings is 1. The number of aromatic nitrogens is 1. The molecule has 21 heavy (non-hydrogen) atoms. The molecule has 0 spiro atoms. The maximum atomic E-state index is 12.8. The van der Waals surface area contributed by atoms with Crippen molar-refractivity contribution in [3.63, 3.8) is 0 Å². The average molecular weight is 283 g/mol. The molecule has 5 nitrogen and oxygen atoms in total. The highest BCUT2D eigenvalue weighted by Crippen LogP contribution is 2.29. The van der Waals surface area contributed by atoms with E-state index in [1.54, 1.807) is 18.0 Å². The molecule has 3 rings (SSSR count). The van der Waals surface area contributed by atoms with E-state index in [1.807, 2.05) is 37.3 Å². The lowest BCUT2D eigenvalue weighted by Crippen LogP contribution is -2.65. The van der Waals surface area contributed by atoms with Crippen LogP contribution in [0.2, 0.25) is 0 Å². The fraction of sp³-hybridized carbons (Fsp3) is 0.312. The van der Waals surface area contributed by atoms with E-state index < -0.39 is 5.54 Å². The van der Waals surface area contributed by atoms with Crippen molar-refractivity contribution in [2.45, 2.75) is 25.8 Å². The number of anilines is 1. The van der Waals surface area contributed by atoms with Gasteiger partial charge < -0.3 is 10.2 Å². The maximum absolute atomic E-state index is 12.8. The van der Waals surface area contributed by atoms with Crippen LogP contribution in [-0.4, -0.2) is 28.9 Å². The Bertz CT molecular complexity index is 723. The minimum atomic E-state index is -0.848. The molecular formula is C16H17N3O2. The number of benzene rings is 1. The molecule has 0 radical (unpaired) electrons. The number of hydrogen-bond acceptors (Lipinski definition) is 3. The summed E-state index contributed by atoms with van der Waals surface area (Å²) in [7, 11) is 0. The Balaban J connectivity index is 2.13. The van der Waals surface area contributed by atoms with Crippen LogP contribution in [-0.2, 0) is 9.59 Å². The first-order chi connectivity index (χ1) is 10.0. The largest absolute Gasteiger partial charge is 0.340 e. The van der Waals surface area contributed by atoms with Gasteiger partial charge in [0.2, 0.25) is 5.91 Å². The molecular weight excluding hydrogens is 266 g/mol. The summed E-state index contributed by atoms with van der Waals surface area (Å²) in [6.07, 6.45) is 2.27. The number of rotatable bonds is 2. The lowest BCUT2D eigenvalue weighted by Gasteiger charge is -2.39. The minimum absolute atomic E-state index is 0.0441. The molecule has 1 aliphatic heterocycles. The highest BCUT2D eigenvalue weighted by Gasteiger charge is 2.42. The Morgan fingerprint density at radius 1 is 1.29 bits per heavy atom. The highest BCUT2D eigenvalue weighted by molar-refractivity contribution is 6.12. The quantitative estimate of drug-likeness (QED) is 0.915. The van der Waals surface area contributed by atoms with E-state index in [2.05, 4.69) is 10.3 Å². The van der Waals surface area contributed by atoms with E-state index in [1.165, 1.54) is 0 Å². The fourth-order valence-electron chi connectivity index (χ4n) is 2.67. The first-order valence-corrected chi connectivity index (χ1v) is 7.02. The van der Waals surface area contributed by atoms with Gasteiger partial charge in [-0.2, -0.15) is 0 Å². The molecule has 1 atom stereocenters. The van der Waals surface area contributed by atoms with E-state index in [4.69, 9.17) is 0 Å². The van der Waals surface area contributed by atoms with Crippen molar-refractivity contribution in [2.75, 3.05) is 11.4 Å². The molecule has 0 saturated carbocycles. The van der Waals surface area contributed by atoms with Crippen LogP contribution in [0.1, 0.15) is 20.3 Å². The van der Waals surface area contributed by atoms with Gasteiger partial charge >= 0.3 is 0 Å². The molecule has 1 N–H and O–H groups in total. The first kappa shape index (κ1) is 13.5. The van der Waals surface area contributed by atoms with Crippen LogP contribution in [0.4, 0.5) is 5.69 Å². The Hall–Kier alpha value is -2.43. The van der Waals surface area contributed by atoms with Crippen molar-refractivity contribution >= 4 is 28.4 Å². The van der Waals surface area contributed by atoms with Crippen molar-refractivity contribution in [1.29, 1.82) is 0 Å². The number of nitrogens with one attached hydrogen (secondary N) is 1. The predicted octanol–water partition coefficient (Wildman–Crippen LogP) is 1.87. The summed E-state index contributed by atoms with van der Waals surface area (Å²) in [5.41, 5.74) is 0.701. The lowest BCUT2D eigenvalue weighted by atomic mass is 9.93. The summed E-state index contributed by atoms with van der Waals surface area (Å²) in [5, 5.41) is 3.67. The standard InChI is InChI=1S/C16H17N3O2/c1-3-16(2)15(21)19(10-14(20)18-16)13-8-4-7-12-11(13)6-5-9-17-12/h4-9H,3,10H2,1-2H3,(H,18,20). The second-order valence-electron chi connectivity index (χ2n) is 5.47. The molecule has 2 amide bonds. The number of carbonyl (C=O) groups is 2. The van der Waals surface area contributed by atoms with Gasteiger partial charge in [-0.05, 0) is 37.6 Å². The zero-order valence-corrected chi connectivity index (χ0v) is 12.1. The number of hydrogen-bond donors (Lipinski definition) is 1. The van der Waals surface area contributed by atoms with E-state index in [0.29, 0.717) is 6.42 Å². The average Bonchev–Trinajstić information content (AvgIpc) is 2.50. The van der Waals surface area contributed by atoms with Gasteiger partial charge in [-0.3, -0.25) is 14.6 Å². The monoisotopic (exact) mass is 283 g/mol. The van der Waals surface area contributed by atoms with Crippen LogP contribution >= 0.6 is 0 Å². The summed E-state index contributed by atoms with van der Waals surface area (Å²) < 4.78 is 0. The number of piperazine rings is 1. The van der Waals surface area contributed by atoms with Crippen molar-refractivity contribution < 1.29 is 9.59 Å². The van der Waals surface area contributed by atoms with Crippen LogP contribution in [0.3, 0.4) is 0 Å².